The molecule has 74 valence electrons. The highest BCUT2D eigenvalue weighted by Gasteiger charge is 2.09. The van der Waals surface area contributed by atoms with Crippen molar-refractivity contribution in [1.29, 1.82) is 0 Å². The Morgan fingerprint density at radius 1 is 1.50 bits per heavy atom. The van der Waals surface area contributed by atoms with E-state index < -0.39 is 0 Å². The molecule has 1 heterocycles. The summed E-state index contributed by atoms with van der Waals surface area (Å²) < 4.78 is 11.3. The Hall–Kier alpha value is -1.00. The summed E-state index contributed by atoms with van der Waals surface area (Å²) in [5.41, 5.74) is 1.50. The van der Waals surface area contributed by atoms with E-state index >= 15 is 0 Å². The Morgan fingerprint density at radius 2 is 2.29 bits per heavy atom. The van der Waals surface area contributed by atoms with Crippen LogP contribution in [0.4, 0.5) is 0 Å². The lowest BCUT2D eigenvalue weighted by molar-refractivity contribution is 0.281. The molecule has 0 unspecified atom stereocenters. The third kappa shape index (κ3) is 1.40. The van der Waals surface area contributed by atoms with Gasteiger partial charge in [-0.1, -0.05) is 0 Å². The number of methoxy groups -OCH3 is 1. The fourth-order valence-corrected chi connectivity index (χ4v) is 1.87. The van der Waals surface area contributed by atoms with E-state index in [0.717, 1.165) is 21.2 Å². The van der Waals surface area contributed by atoms with Gasteiger partial charge in [0.25, 0.3) is 0 Å². The second-order valence-electron chi connectivity index (χ2n) is 2.90. The number of benzene rings is 1. The van der Waals surface area contributed by atoms with Crippen molar-refractivity contribution >= 4 is 26.9 Å². The smallest absolute Gasteiger partial charge is 0.138 e. The largest absolute Gasteiger partial charge is 0.495 e. The van der Waals surface area contributed by atoms with Crippen LogP contribution in [0.2, 0.25) is 0 Å². The Balaban J connectivity index is 2.69. The van der Waals surface area contributed by atoms with Crippen LogP contribution in [0.25, 0.3) is 11.0 Å². The zero-order valence-electron chi connectivity index (χ0n) is 7.58. The fraction of sp³-hybridized carbons (Fsp3) is 0.200. The molecule has 1 aromatic carbocycles. The number of furan rings is 1. The lowest BCUT2D eigenvalue weighted by Gasteiger charge is -2.02. The first-order chi connectivity index (χ1) is 6.76. The molecular formula is C10H9BrO3. The van der Waals surface area contributed by atoms with Gasteiger partial charge in [0.1, 0.15) is 11.3 Å². The highest BCUT2D eigenvalue weighted by molar-refractivity contribution is 9.10. The lowest BCUT2D eigenvalue weighted by Crippen LogP contribution is -1.84. The lowest BCUT2D eigenvalue weighted by atomic mass is 10.2. The maximum absolute atomic E-state index is 9.04. The van der Waals surface area contributed by atoms with Crippen LogP contribution in [-0.2, 0) is 6.61 Å². The number of fused-ring (bicyclic) bond motifs is 1. The zero-order chi connectivity index (χ0) is 10.1. The van der Waals surface area contributed by atoms with Crippen molar-refractivity contribution in [2.24, 2.45) is 0 Å². The van der Waals surface area contributed by atoms with E-state index in [9.17, 15) is 0 Å². The topological polar surface area (TPSA) is 42.6 Å². The maximum atomic E-state index is 9.04. The van der Waals surface area contributed by atoms with Crippen molar-refractivity contribution in [2.75, 3.05) is 7.11 Å². The minimum absolute atomic E-state index is 0.0221. The van der Waals surface area contributed by atoms with E-state index in [-0.39, 0.29) is 6.61 Å². The van der Waals surface area contributed by atoms with Crippen molar-refractivity contribution < 1.29 is 14.3 Å². The third-order valence-electron chi connectivity index (χ3n) is 2.10. The minimum atomic E-state index is -0.0221. The summed E-state index contributed by atoms with van der Waals surface area (Å²) >= 11 is 3.38. The Bertz CT molecular complexity index is 462. The molecule has 4 heteroatoms. The molecule has 1 N–H and O–H groups in total. The van der Waals surface area contributed by atoms with Gasteiger partial charge in [-0.2, -0.15) is 0 Å². The summed E-state index contributed by atoms with van der Waals surface area (Å²) in [6, 6.07) is 3.67. The average molecular weight is 257 g/mol. The van der Waals surface area contributed by atoms with Crippen molar-refractivity contribution in [3.05, 3.63) is 28.4 Å². The molecule has 0 atom stereocenters. The van der Waals surface area contributed by atoms with Gasteiger partial charge in [-0.3, -0.25) is 0 Å². The van der Waals surface area contributed by atoms with Gasteiger partial charge in [0, 0.05) is 17.0 Å². The van der Waals surface area contributed by atoms with Crippen molar-refractivity contribution in [3.63, 3.8) is 0 Å². The monoisotopic (exact) mass is 256 g/mol. The van der Waals surface area contributed by atoms with E-state index in [1.165, 1.54) is 0 Å². The number of halogens is 1. The van der Waals surface area contributed by atoms with Crippen LogP contribution in [0.3, 0.4) is 0 Å². The Morgan fingerprint density at radius 3 is 2.93 bits per heavy atom. The van der Waals surface area contributed by atoms with Crippen LogP contribution in [0.1, 0.15) is 5.56 Å². The molecule has 2 aromatic rings. The highest BCUT2D eigenvalue weighted by atomic mass is 79.9. The average Bonchev–Trinajstić information content (AvgIpc) is 2.58. The summed E-state index contributed by atoms with van der Waals surface area (Å²) in [5, 5.41) is 9.94. The number of ether oxygens (including phenoxy) is 1. The molecule has 0 aliphatic carbocycles. The van der Waals surface area contributed by atoms with Crippen LogP contribution in [0.5, 0.6) is 5.75 Å². The SMILES string of the molecule is COc1cc2occ(CO)c2cc1Br. The van der Waals surface area contributed by atoms with Crippen LogP contribution in [0, 0.1) is 0 Å². The van der Waals surface area contributed by atoms with Crippen molar-refractivity contribution in [2.45, 2.75) is 6.61 Å². The van der Waals surface area contributed by atoms with E-state index in [2.05, 4.69) is 15.9 Å². The molecule has 0 bridgehead atoms. The molecule has 0 spiro atoms. The van der Waals surface area contributed by atoms with E-state index in [1.54, 1.807) is 19.4 Å². The Labute approximate surface area is 89.4 Å². The summed E-state index contributed by atoms with van der Waals surface area (Å²) in [6.07, 6.45) is 1.55. The van der Waals surface area contributed by atoms with Gasteiger partial charge in [-0.15, -0.1) is 0 Å². The predicted octanol–water partition coefficient (Wildman–Crippen LogP) is 2.70. The van der Waals surface area contributed by atoms with Crippen LogP contribution in [0.15, 0.2) is 27.3 Å². The molecule has 0 aliphatic heterocycles. The standard InChI is InChI=1S/C10H9BrO3/c1-13-10-3-9-7(2-8(10)11)6(4-12)5-14-9/h2-3,5,12H,4H2,1H3. The number of aliphatic hydroxyl groups is 1. The van der Waals surface area contributed by atoms with Gasteiger partial charge in [0.15, 0.2) is 0 Å². The molecular weight excluding hydrogens is 248 g/mol. The molecule has 0 saturated heterocycles. The summed E-state index contributed by atoms with van der Waals surface area (Å²) in [4.78, 5) is 0. The third-order valence-corrected chi connectivity index (χ3v) is 2.72. The van der Waals surface area contributed by atoms with E-state index in [1.807, 2.05) is 6.07 Å². The van der Waals surface area contributed by atoms with Gasteiger partial charge in [0.05, 0.1) is 24.5 Å². The van der Waals surface area contributed by atoms with Crippen LogP contribution in [-0.4, -0.2) is 12.2 Å². The molecule has 0 aliphatic rings. The predicted molar refractivity (Wildman–Crippen MR) is 56.4 cm³/mol. The number of hydrogen-bond donors (Lipinski definition) is 1. The van der Waals surface area contributed by atoms with Gasteiger partial charge in [0.2, 0.25) is 0 Å². The Kier molecular flexibility index (Phi) is 2.48. The molecule has 0 radical (unpaired) electrons. The normalized spacial score (nSPS) is 10.8. The maximum Gasteiger partial charge on any atom is 0.138 e. The van der Waals surface area contributed by atoms with Crippen molar-refractivity contribution in [3.8, 4) is 5.75 Å². The number of hydrogen-bond acceptors (Lipinski definition) is 3. The molecule has 2 rings (SSSR count). The summed E-state index contributed by atoms with van der Waals surface area (Å²) in [5.74, 6) is 0.719. The van der Waals surface area contributed by atoms with Gasteiger partial charge >= 0.3 is 0 Å². The quantitative estimate of drug-likeness (QED) is 0.899. The molecule has 1 aromatic heterocycles. The minimum Gasteiger partial charge on any atom is -0.495 e. The summed E-state index contributed by atoms with van der Waals surface area (Å²) in [7, 11) is 1.60. The second kappa shape index (κ2) is 3.63. The number of rotatable bonds is 2. The molecule has 3 nitrogen and oxygen atoms in total. The van der Waals surface area contributed by atoms with Gasteiger partial charge < -0.3 is 14.3 Å². The summed E-state index contributed by atoms with van der Waals surface area (Å²) in [6.45, 7) is -0.0221. The van der Waals surface area contributed by atoms with E-state index in [4.69, 9.17) is 14.3 Å². The molecule has 0 amide bonds. The first-order valence-electron chi connectivity index (χ1n) is 4.10. The van der Waals surface area contributed by atoms with Crippen LogP contribution >= 0.6 is 15.9 Å². The fourth-order valence-electron chi connectivity index (χ4n) is 1.36. The first kappa shape index (κ1) is 9.55. The zero-order valence-corrected chi connectivity index (χ0v) is 9.17. The highest BCUT2D eigenvalue weighted by Crippen LogP contribution is 2.32. The number of aliphatic hydroxyl groups excluding tert-OH is 1. The second-order valence-corrected chi connectivity index (χ2v) is 3.76. The van der Waals surface area contributed by atoms with Gasteiger partial charge in [-0.25, -0.2) is 0 Å². The van der Waals surface area contributed by atoms with E-state index in [0.29, 0.717) is 5.58 Å². The molecule has 14 heavy (non-hydrogen) atoms. The van der Waals surface area contributed by atoms with Gasteiger partial charge in [-0.05, 0) is 22.0 Å². The first-order valence-corrected chi connectivity index (χ1v) is 4.90. The van der Waals surface area contributed by atoms with Crippen LogP contribution < -0.4 is 4.74 Å². The molecule has 0 fully saturated rings. The van der Waals surface area contributed by atoms with Crippen molar-refractivity contribution in [1.82, 2.24) is 0 Å². The molecule has 0 saturated carbocycles.